The van der Waals surface area contributed by atoms with Crippen LogP contribution < -0.4 is 5.32 Å². The fourth-order valence-corrected chi connectivity index (χ4v) is 0.792. The van der Waals surface area contributed by atoms with Gasteiger partial charge in [0.05, 0.1) is 0 Å². The first-order valence-corrected chi connectivity index (χ1v) is 6.13. The normalized spacial score (nSPS) is 8.38. The molecule has 0 spiro atoms. The topological polar surface area (TPSA) is 46.2 Å². The van der Waals surface area contributed by atoms with E-state index in [1.165, 1.54) is 6.08 Å². The summed E-state index contributed by atoms with van der Waals surface area (Å²) in [5, 5.41) is 2.63. The van der Waals surface area contributed by atoms with E-state index < -0.39 is 0 Å². The number of amides is 1. The van der Waals surface area contributed by atoms with Crippen LogP contribution in [0.1, 0.15) is 54.4 Å². The van der Waals surface area contributed by atoms with E-state index >= 15 is 0 Å². The quantitative estimate of drug-likeness (QED) is 0.736. The van der Waals surface area contributed by atoms with Crippen molar-refractivity contribution in [1.82, 2.24) is 5.32 Å². The summed E-state index contributed by atoms with van der Waals surface area (Å²) in [5.74, 6) is -0.0564. The van der Waals surface area contributed by atoms with E-state index in [4.69, 9.17) is 0 Å². The number of allylic oxidation sites excluding steroid dienone is 2. The summed E-state index contributed by atoms with van der Waals surface area (Å²) in [6.07, 6.45) is 3.76. The highest BCUT2D eigenvalue weighted by molar-refractivity contribution is 5.92. The van der Waals surface area contributed by atoms with Crippen LogP contribution in [-0.2, 0) is 9.59 Å². The molecule has 0 bridgehead atoms. The van der Waals surface area contributed by atoms with Gasteiger partial charge in [0.25, 0.3) is 0 Å². The smallest absolute Gasteiger partial charge is 0.220 e. The number of carbonyl (C=O) groups excluding carboxylic acids is 2. The van der Waals surface area contributed by atoms with Crippen LogP contribution in [0.3, 0.4) is 0 Å². The standard InChI is InChI=1S/C9H15NO2.2C2H6/c1-3-5-8(11)6-7-9(12)10-4-2;2*1-2/h3,5H,4,6-7H2,1-2H3,(H,10,12);2*1-2H3/b5-3+;;. The van der Waals surface area contributed by atoms with Crippen LogP contribution in [0.5, 0.6) is 0 Å². The van der Waals surface area contributed by atoms with Crippen molar-refractivity contribution in [3.63, 3.8) is 0 Å². The summed E-state index contributed by atoms with van der Waals surface area (Å²) < 4.78 is 0. The lowest BCUT2D eigenvalue weighted by molar-refractivity contribution is -0.123. The van der Waals surface area contributed by atoms with Gasteiger partial charge in [-0.25, -0.2) is 0 Å². The van der Waals surface area contributed by atoms with Crippen LogP contribution in [0.4, 0.5) is 0 Å². The van der Waals surface area contributed by atoms with Crippen LogP contribution >= 0.6 is 0 Å². The maximum Gasteiger partial charge on any atom is 0.220 e. The minimum absolute atomic E-state index is 0.00348. The monoisotopic (exact) mass is 229 g/mol. The van der Waals surface area contributed by atoms with Crippen molar-refractivity contribution < 1.29 is 9.59 Å². The van der Waals surface area contributed by atoms with Crippen LogP contribution in [0, 0.1) is 0 Å². The molecule has 0 aromatic rings. The van der Waals surface area contributed by atoms with Crippen molar-refractivity contribution in [2.75, 3.05) is 6.54 Å². The van der Waals surface area contributed by atoms with Gasteiger partial charge in [-0.2, -0.15) is 0 Å². The molecule has 0 aliphatic rings. The molecule has 0 saturated carbocycles. The third-order valence-electron chi connectivity index (χ3n) is 1.32. The Balaban J connectivity index is -0.000000376. The Morgan fingerprint density at radius 1 is 1.06 bits per heavy atom. The number of carbonyl (C=O) groups is 2. The Morgan fingerprint density at radius 3 is 1.94 bits per heavy atom. The maximum atomic E-state index is 10.9. The summed E-state index contributed by atoms with van der Waals surface area (Å²) in [6, 6.07) is 0. The predicted octanol–water partition coefficient (Wildman–Crippen LogP) is 3.10. The molecule has 0 aliphatic carbocycles. The number of nitrogens with one attached hydrogen (secondary N) is 1. The lowest BCUT2D eigenvalue weighted by Gasteiger charge is -1.98. The number of ketones is 1. The van der Waals surface area contributed by atoms with Gasteiger partial charge in [-0.3, -0.25) is 9.59 Å². The van der Waals surface area contributed by atoms with Gasteiger partial charge in [-0.15, -0.1) is 0 Å². The van der Waals surface area contributed by atoms with Gasteiger partial charge < -0.3 is 5.32 Å². The second-order valence-electron chi connectivity index (χ2n) is 2.42. The molecule has 0 radical (unpaired) electrons. The predicted molar refractivity (Wildman–Crippen MR) is 70.4 cm³/mol. The average Bonchev–Trinajstić information content (AvgIpc) is 2.33. The van der Waals surface area contributed by atoms with E-state index in [0.29, 0.717) is 13.0 Å². The van der Waals surface area contributed by atoms with Crippen LogP contribution in [0.25, 0.3) is 0 Å². The summed E-state index contributed by atoms with van der Waals surface area (Å²) in [6.45, 7) is 12.3. The molecule has 3 heteroatoms. The fraction of sp³-hybridized carbons (Fsp3) is 0.692. The minimum atomic E-state index is -0.0599. The Morgan fingerprint density at radius 2 is 1.56 bits per heavy atom. The van der Waals surface area contributed by atoms with Crippen molar-refractivity contribution in [2.45, 2.75) is 54.4 Å². The second-order valence-corrected chi connectivity index (χ2v) is 2.42. The van der Waals surface area contributed by atoms with Gasteiger partial charge >= 0.3 is 0 Å². The third kappa shape index (κ3) is 18.6. The first-order valence-electron chi connectivity index (χ1n) is 6.13. The summed E-state index contributed by atoms with van der Waals surface area (Å²) in [4.78, 5) is 21.7. The van der Waals surface area contributed by atoms with Crippen molar-refractivity contribution >= 4 is 11.7 Å². The number of hydrogen-bond acceptors (Lipinski definition) is 2. The van der Waals surface area contributed by atoms with Crippen LogP contribution in [0.15, 0.2) is 12.2 Å². The zero-order valence-corrected chi connectivity index (χ0v) is 11.6. The first kappa shape index (κ1) is 20.3. The number of hydrogen-bond donors (Lipinski definition) is 1. The highest BCUT2D eigenvalue weighted by Gasteiger charge is 2.02. The van der Waals surface area contributed by atoms with Crippen molar-refractivity contribution in [1.29, 1.82) is 0 Å². The van der Waals surface area contributed by atoms with Gasteiger partial charge in [-0.1, -0.05) is 33.8 Å². The van der Waals surface area contributed by atoms with Gasteiger partial charge in [0.15, 0.2) is 5.78 Å². The van der Waals surface area contributed by atoms with Gasteiger partial charge in [0.2, 0.25) is 5.91 Å². The zero-order chi connectivity index (χ0) is 13.4. The third-order valence-corrected chi connectivity index (χ3v) is 1.32. The molecule has 1 N–H and O–H groups in total. The fourth-order valence-electron chi connectivity index (χ4n) is 0.792. The summed E-state index contributed by atoms with van der Waals surface area (Å²) >= 11 is 0. The molecule has 0 aromatic carbocycles. The molecule has 3 nitrogen and oxygen atoms in total. The molecular weight excluding hydrogens is 202 g/mol. The van der Waals surface area contributed by atoms with E-state index in [1.54, 1.807) is 13.0 Å². The Hall–Kier alpha value is -1.12. The van der Waals surface area contributed by atoms with Crippen LogP contribution in [-0.4, -0.2) is 18.2 Å². The molecule has 1 amide bonds. The molecule has 16 heavy (non-hydrogen) atoms. The lowest BCUT2D eigenvalue weighted by atomic mass is 10.2. The zero-order valence-electron chi connectivity index (χ0n) is 11.6. The minimum Gasteiger partial charge on any atom is -0.356 e. The summed E-state index contributed by atoms with van der Waals surface area (Å²) in [7, 11) is 0. The van der Waals surface area contributed by atoms with Gasteiger partial charge in [0.1, 0.15) is 0 Å². The molecule has 0 atom stereocenters. The van der Waals surface area contributed by atoms with Crippen molar-refractivity contribution in [2.24, 2.45) is 0 Å². The van der Waals surface area contributed by atoms with Gasteiger partial charge in [-0.05, 0) is 19.9 Å². The highest BCUT2D eigenvalue weighted by atomic mass is 16.2. The first-order chi connectivity index (χ1) is 7.70. The molecule has 0 aliphatic heterocycles. The van der Waals surface area contributed by atoms with E-state index in [2.05, 4.69) is 5.32 Å². The molecule has 96 valence electrons. The SMILES string of the molecule is C/C=C/C(=O)CCC(=O)NCC.CC.CC. The Bertz CT molecular complexity index is 186. The molecule has 0 aromatic heterocycles. The van der Waals surface area contributed by atoms with E-state index in [1.807, 2.05) is 34.6 Å². The van der Waals surface area contributed by atoms with Crippen molar-refractivity contribution in [3.8, 4) is 0 Å². The second kappa shape index (κ2) is 19.5. The van der Waals surface area contributed by atoms with E-state index in [-0.39, 0.29) is 18.1 Å². The van der Waals surface area contributed by atoms with E-state index in [0.717, 1.165) is 0 Å². The summed E-state index contributed by atoms with van der Waals surface area (Å²) in [5.41, 5.74) is 0. The molecule has 0 saturated heterocycles. The largest absolute Gasteiger partial charge is 0.356 e. The maximum absolute atomic E-state index is 10.9. The average molecular weight is 229 g/mol. The molecule has 0 heterocycles. The highest BCUT2D eigenvalue weighted by Crippen LogP contribution is 1.92. The van der Waals surface area contributed by atoms with Crippen molar-refractivity contribution in [3.05, 3.63) is 12.2 Å². The molecule has 0 fully saturated rings. The molecule has 0 rings (SSSR count). The molecule has 0 unspecified atom stereocenters. The number of rotatable bonds is 5. The lowest BCUT2D eigenvalue weighted by Crippen LogP contribution is -2.22. The molecular formula is C13H27NO2. The Kier molecular flexibility index (Phi) is 24.7. The van der Waals surface area contributed by atoms with E-state index in [9.17, 15) is 9.59 Å². The van der Waals surface area contributed by atoms with Gasteiger partial charge in [0, 0.05) is 19.4 Å². The Labute approximate surface area is 100 Å². The van der Waals surface area contributed by atoms with Crippen LogP contribution in [0.2, 0.25) is 0 Å².